The van der Waals surface area contributed by atoms with Gasteiger partial charge in [0.25, 0.3) is 5.91 Å². The largest absolute Gasteiger partial charge is 0.481 e. The molecule has 1 heterocycles. The van der Waals surface area contributed by atoms with Crippen LogP contribution < -0.4 is 0 Å². The predicted molar refractivity (Wildman–Crippen MR) is 97.4 cm³/mol. The zero-order valence-corrected chi connectivity index (χ0v) is 15.7. The van der Waals surface area contributed by atoms with E-state index in [0.717, 1.165) is 0 Å². The van der Waals surface area contributed by atoms with E-state index in [1.165, 1.54) is 0 Å². The Kier molecular flexibility index (Phi) is 5.73. The molecule has 1 aliphatic heterocycles. The number of carboxylic acids is 1. The quantitative estimate of drug-likeness (QED) is 0.848. The van der Waals surface area contributed by atoms with Crippen LogP contribution in [0.5, 0.6) is 0 Å². The third-order valence-corrected chi connectivity index (χ3v) is 6.01. The summed E-state index contributed by atoms with van der Waals surface area (Å²) in [5.74, 6) is -1.66. The first kappa shape index (κ1) is 19.0. The fourth-order valence-electron chi connectivity index (χ4n) is 3.66. The smallest absolute Gasteiger partial charge is 0.306 e. The second-order valence-electron chi connectivity index (χ2n) is 6.76. The Labute approximate surface area is 161 Å². The van der Waals surface area contributed by atoms with Gasteiger partial charge in [-0.25, -0.2) is 0 Å². The van der Waals surface area contributed by atoms with Crippen LogP contribution in [0.15, 0.2) is 18.2 Å². The lowest BCUT2D eigenvalue weighted by Crippen LogP contribution is -2.51. The molecule has 2 aliphatic rings. The van der Waals surface area contributed by atoms with Crippen LogP contribution in [0.3, 0.4) is 0 Å². The molecule has 0 spiro atoms. The summed E-state index contributed by atoms with van der Waals surface area (Å²) in [5, 5.41) is 9.65. The number of benzene rings is 1. The lowest BCUT2D eigenvalue weighted by molar-refractivity contribution is -0.142. The molecule has 2 atom stereocenters. The van der Waals surface area contributed by atoms with Gasteiger partial charge in [-0.05, 0) is 31.4 Å². The number of carboxylic acid groups (broad SMARTS) is 1. The Bertz CT molecular complexity index is 732. The van der Waals surface area contributed by atoms with E-state index in [4.69, 9.17) is 28.3 Å². The highest BCUT2D eigenvalue weighted by molar-refractivity contribution is 6.43. The van der Waals surface area contributed by atoms with Crippen LogP contribution >= 0.6 is 23.2 Å². The van der Waals surface area contributed by atoms with E-state index in [2.05, 4.69) is 0 Å². The van der Waals surface area contributed by atoms with E-state index in [0.29, 0.717) is 56.0 Å². The third kappa shape index (κ3) is 3.81. The fraction of sp³-hybridized carbons (Fsp3) is 0.500. The van der Waals surface area contributed by atoms with Gasteiger partial charge in [-0.1, -0.05) is 29.3 Å². The van der Waals surface area contributed by atoms with Gasteiger partial charge < -0.3 is 14.9 Å². The summed E-state index contributed by atoms with van der Waals surface area (Å²) in [6, 6.07) is 4.95. The fourth-order valence-corrected chi connectivity index (χ4v) is 4.04. The van der Waals surface area contributed by atoms with E-state index >= 15 is 0 Å². The van der Waals surface area contributed by atoms with E-state index in [1.807, 2.05) is 0 Å². The zero-order valence-electron chi connectivity index (χ0n) is 14.2. The average molecular weight is 399 g/mol. The minimum Gasteiger partial charge on any atom is -0.481 e. The van der Waals surface area contributed by atoms with Crippen LogP contribution in [0, 0.1) is 11.8 Å². The molecule has 0 aromatic heterocycles. The van der Waals surface area contributed by atoms with Gasteiger partial charge in [-0.2, -0.15) is 0 Å². The molecule has 1 aliphatic carbocycles. The summed E-state index contributed by atoms with van der Waals surface area (Å²) in [5.41, 5.74) is 0.360. The molecule has 1 saturated heterocycles. The molecule has 3 rings (SSSR count). The van der Waals surface area contributed by atoms with E-state index in [9.17, 15) is 14.4 Å². The molecule has 6 nitrogen and oxygen atoms in total. The first-order chi connectivity index (χ1) is 12.4. The van der Waals surface area contributed by atoms with Gasteiger partial charge in [0, 0.05) is 32.1 Å². The standard InChI is InChI=1S/C18H20Cl2N2O4/c19-14-3-1-2-13(15(14)20)17(24)22-8-6-21(7-9-22)16(23)11-4-5-12(10-11)18(25)26/h1-3,11-12H,4-10H2,(H,25,26)/t11-,12+/m0/s1. The van der Waals surface area contributed by atoms with Crippen molar-refractivity contribution in [3.63, 3.8) is 0 Å². The van der Waals surface area contributed by atoms with E-state index in [-0.39, 0.29) is 22.8 Å². The van der Waals surface area contributed by atoms with Crippen LogP contribution in [0.25, 0.3) is 0 Å². The lowest BCUT2D eigenvalue weighted by Gasteiger charge is -2.36. The van der Waals surface area contributed by atoms with Gasteiger partial charge in [0.05, 0.1) is 21.5 Å². The van der Waals surface area contributed by atoms with Gasteiger partial charge in [0.1, 0.15) is 0 Å². The molecular weight excluding hydrogens is 379 g/mol. The molecule has 1 N–H and O–H groups in total. The highest BCUT2D eigenvalue weighted by Crippen LogP contribution is 2.33. The summed E-state index contributed by atoms with van der Waals surface area (Å²) in [6.07, 6.45) is 1.58. The molecular formula is C18H20Cl2N2O4. The Morgan fingerprint density at radius 2 is 1.58 bits per heavy atom. The Morgan fingerprint density at radius 3 is 2.19 bits per heavy atom. The van der Waals surface area contributed by atoms with Crippen LogP contribution in [0.4, 0.5) is 0 Å². The van der Waals surface area contributed by atoms with Crippen molar-refractivity contribution >= 4 is 41.0 Å². The van der Waals surface area contributed by atoms with Gasteiger partial charge in [-0.3, -0.25) is 14.4 Å². The van der Waals surface area contributed by atoms with E-state index < -0.39 is 11.9 Å². The van der Waals surface area contributed by atoms with Crippen molar-refractivity contribution in [1.82, 2.24) is 9.80 Å². The molecule has 2 fully saturated rings. The maximum absolute atomic E-state index is 12.6. The molecule has 1 aromatic carbocycles. The summed E-state index contributed by atoms with van der Waals surface area (Å²) in [7, 11) is 0. The molecule has 1 saturated carbocycles. The summed E-state index contributed by atoms with van der Waals surface area (Å²) in [6.45, 7) is 1.72. The molecule has 8 heteroatoms. The third-order valence-electron chi connectivity index (χ3n) is 5.19. The van der Waals surface area contributed by atoms with Gasteiger partial charge in [0.15, 0.2) is 0 Å². The second-order valence-corrected chi connectivity index (χ2v) is 7.55. The molecule has 2 amide bonds. The van der Waals surface area contributed by atoms with Crippen molar-refractivity contribution in [2.24, 2.45) is 11.8 Å². The second kappa shape index (κ2) is 7.84. The lowest BCUT2D eigenvalue weighted by atomic mass is 10.0. The van der Waals surface area contributed by atoms with Crippen molar-refractivity contribution in [2.45, 2.75) is 19.3 Å². The predicted octanol–water partition coefficient (Wildman–Crippen LogP) is 2.78. The zero-order chi connectivity index (χ0) is 18.8. The van der Waals surface area contributed by atoms with Crippen molar-refractivity contribution in [3.05, 3.63) is 33.8 Å². The minimum absolute atomic E-state index is 0.00152. The minimum atomic E-state index is -0.825. The van der Waals surface area contributed by atoms with E-state index in [1.54, 1.807) is 28.0 Å². The highest BCUT2D eigenvalue weighted by atomic mass is 35.5. The molecule has 140 valence electrons. The van der Waals surface area contributed by atoms with Crippen LogP contribution in [0.2, 0.25) is 10.0 Å². The highest BCUT2D eigenvalue weighted by Gasteiger charge is 2.37. The number of carbonyl (C=O) groups excluding carboxylic acids is 2. The number of aliphatic carboxylic acids is 1. The Hall–Kier alpha value is -1.79. The molecule has 1 aromatic rings. The first-order valence-electron chi connectivity index (χ1n) is 8.63. The number of halogens is 2. The average Bonchev–Trinajstić information content (AvgIpc) is 3.13. The van der Waals surface area contributed by atoms with Crippen LogP contribution in [0.1, 0.15) is 29.6 Å². The number of piperazine rings is 1. The molecule has 0 unspecified atom stereocenters. The number of nitrogens with zero attached hydrogens (tertiary/aromatic N) is 2. The maximum atomic E-state index is 12.6. The van der Waals surface area contributed by atoms with Gasteiger partial charge in [0.2, 0.25) is 5.91 Å². The topological polar surface area (TPSA) is 77.9 Å². The number of carbonyl (C=O) groups is 3. The van der Waals surface area contributed by atoms with Gasteiger partial charge in [-0.15, -0.1) is 0 Å². The summed E-state index contributed by atoms with van der Waals surface area (Å²) < 4.78 is 0. The summed E-state index contributed by atoms with van der Waals surface area (Å²) in [4.78, 5) is 39.7. The number of amides is 2. The van der Waals surface area contributed by atoms with Crippen molar-refractivity contribution in [3.8, 4) is 0 Å². The number of hydrogen-bond acceptors (Lipinski definition) is 3. The Morgan fingerprint density at radius 1 is 0.962 bits per heavy atom. The molecule has 0 bridgehead atoms. The van der Waals surface area contributed by atoms with Crippen molar-refractivity contribution in [2.75, 3.05) is 26.2 Å². The molecule has 0 radical (unpaired) electrons. The van der Waals surface area contributed by atoms with Crippen molar-refractivity contribution < 1.29 is 19.5 Å². The van der Waals surface area contributed by atoms with Crippen LogP contribution in [-0.2, 0) is 9.59 Å². The Balaban J connectivity index is 1.57. The monoisotopic (exact) mass is 398 g/mol. The van der Waals surface area contributed by atoms with Crippen LogP contribution in [-0.4, -0.2) is 58.9 Å². The molecule has 26 heavy (non-hydrogen) atoms. The van der Waals surface area contributed by atoms with Crippen molar-refractivity contribution in [1.29, 1.82) is 0 Å². The maximum Gasteiger partial charge on any atom is 0.306 e. The number of rotatable bonds is 3. The summed E-state index contributed by atoms with van der Waals surface area (Å²) >= 11 is 12.1. The van der Waals surface area contributed by atoms with Gasteiger partial charge >= 0.3 is 5.97 Å². The normalized spacial score (nSPS) is 23.2. The first-order valence-corrected chi connectivity index (χ1v) is 9.39. The number of hydrogen-bond donors (Lipinski definition) is 1. The SMILES string of the molecule is O=C(O)[C@@H]1CC[C@H](C(=O)N2CCN(C(=O)c3cccc(Cl)c3Cl)CC2)C1.